The Morgan fingerprint density at radius 1 is 1.11 bits per heavy atom. The maximum absolute atomic E-state index is 13.0. The second-order valence-electron chi connectivity index (χ2n) is 6.74. The van der Waals surface area contributed by atoms with Crippen molar-refractivity contribution >= 4 is 9.84 Å². The van der Waals surface area contributed by atoms with Crippen LogP contribution in [0.4, 0.5) is 13.2 Å². The Kier molecular flexibility index (Phi) is 4.57. The lowest BCUT2D eigenvalue weighted by molar-refractivity contribution is -0.258. The molecule has 1 saturated carbocycles. The Hall–Kier alpha value is -2.37. The summed E-state index contributed by atoms with van der Waals surface area (Å²) in [5.74, 6) is 0.0633. The van der Waals surface area contributed by atoms with Crippen LogP contribution in [0.2, 0.25) is 0 Å². The number of hydrogen-bond acceptors (Lipinski definition) is 4. The van der Waals surface area contributed by atoms with Gasteiger partial charge in [-0.2, -0.15) is 18.4 Å². The molecule has 1 atom stereocenters. The third-order valence-electron chi connectivity index (χ3n) is 4.72. The molecule has 1 fully saturated rings. The molecular formula is C19H16F3NO3S. The van der Waals surface area contributed by atoms with Crippen molar-refractivity contribution in [1.82, 2.24) is 0 Å². The summed E-state index contributed by atoms with van der Waals surface area (Å²) >= 11 is 0. The molecule has 142 valence electrons. The van der Waals surface area contributed by atoms with Crippen molar-refractivity contribution in [3.63, 3.8) is 0 Å². The van der Waals surface area contributed by atoms with E-state index in [-0.39, 0.29) is 15.7 Å². The van der Waals surface area contributed by atoms with Crippen molar-refractivity contribution < 1.29 is 26.7 Å². The van der Waals surface area contributed by atoms with Crippen LogP contribution in [-0.2, 0) is 15.4 Å². The highest BCUT2D eigenvalue weighted by Gasteiger charge is 2.51. The fraction of sp³-hybridized carbons (Fsp3) is 0.316. The topological polar surface area (TPSA) is 78.2 Å². The van der Waals surface area contributed by atoms with Crippen LogP contribution in [0.3, 0.4) is 0 Å². The molecular weight excluding hydrogens is 379 g/mol. The van der Waals surface area contributed by atoms with Gasteiger partial charge in [0.25, 0.3) is 0 Å². The van der Waals surface area contributed by atoms with Gasteiger partial charge in [-0.15, -0.1) is 0 Å². The van der Waals surface area contributed by atoms with Gasteiger partial charge >= 0.3 is 6.18 Å². The van der Waals surface area contributed by atoms with Crippen molar-refractivity contribution in [3.8, 4) is 6.07 Å². The van der Waals surface area contributed by atoms with Gasteiger partial charge in [0.15, 0.2) is 5.60 Å². The molecule has 0 amide bonds. The Morgan fingerprint density at radius 3 is 2.19 bits per heavy atom. The highest BCUT2D eigenvalue weighted by atomic mass is 32.2. The number of sulfone groups is 1. The van der Waals surface area contributed by atoms with Crippen LogP contribution in [0, 0.1) is 11.3 Å². The lowest BCUT2D eigenvalue weighted by Crippen LogP contribution is -2.39. The van der Waals surface area contributed by atoms with Crippen molar-refractivity contribution in [2.24, 2.45) is 0 Å². The fourth-order valence-corrected chi connectivity index (χ4v) is 4.36. The summed E-state index contributed by atoms with van der Waals surface area (Å²) < 4.78 is 64.8. The summed E-state index contributed by atoms with van der Waals surface area (Å²) in [5, 5.41) is 18.7. The number of nitrogens with zero attached hydrogens (tertiary/aromatic N) is 1. The minimum absolute atomic E-state index is 0.0549. The van der Waals surface area contributed by atoms with Gasteiger partial charge in [-0.25, -0.2) is 8.42 Å². The summed E-state index contributed by atoms with van der Waals surface area (Å²) in [6, 6.07) is 10.3. The summed E-state index contributed by atoms with van der Waals surface area (Å²) in [5.41, 5.74) is -2.62. The molecule has 0 aromatic heterocycles. The predicted octanol–water partition coefficient (Wildman–Crippen LogP) is 4.04. The summed E-state index contributed by atoms with van der Waals surface area (Å²) in [6.07, 6.45) is -3.24. The highest BCUT2D eigenvalue weighted by molar-refractivity contribution is 7.91. The van der Waals surface area contributed by atoms with Crippen molar-refractivity contribution in [1.29, 1.82) is 5.26 Å². The Bertz CT molecular complexity index is 1020. The molecule has 2 aromatic rings. The van der Waals surface area contributed by atoms with E-state index in [1.165, 1.54) is 12.1 Å². The molecule has 0 saturated heterocycles. The first-order valence-corrected chi connectivity index (χ1v) is 9.65. The van der Waals surface area contributed by atoms with Gasteiger partial charge < -0.3 is 5.11 Å². The summed E-state index contributed by atoms with van der Waals surface area (Å²) in [4.78, 5) is -0.116. The van der Waals surface area contributed by atoms with Crippen molar-refractivity contribution in [2.75, 3.05) is 0 Å². The third-order valence-corrected chi connectivity index (χ3v) is 6.57. The van der Waals surface area contributed by atoms with E-state index < -0.39 is 27.2 Å². The molecule has 0 bridgehead atoms. The Labute approximate surface area is 154 Å². The van der Waals surface area contributed by atoms with Gasteiger partial charge in [0.2, 0.25) is 9.84 Å². The SMILES string of the molecule is C[C@](O)(c1ccc(S(=O)(=O)c2ccc(C#N)cc2C2CC2)cc1)C(F)(F)F. The van der Waals surface area contributed by atoms with Gasteiger partial charge in [0, 0.05) is 0 Å². The lowest BCUT2D eigenvalue weighted by atomic mass is 9.96. The second kappa shape index (κ2) is 6.36. The minimum atomic E-state index is -4.89. The van der Waals surface area contributed by atoms with E-state index >= 15 is 0 Å². The molecule has 8 heteroatoms. The molecule has 1 N–H and O–H groups in total. The standard InChI is InChI=1S/C19H16F3NO3S/c1-18(24,19(20,21)22)14-5-7-15(8-6-14)27(25,26)17-9-2-12(11-23)10-16(17)13-3-4-13/h2,5-10,13,24H,3-4H2,1H3/t18-/m0/s1. The van der Waals surface area contributed by atoms with Crippen LogP contribution >= 0.6 is 0 Å². The van der Waals surface area contributed by atoms with E-state index in [0.717, 1.165) is 37.1 Å². The average Bonchev–Trinajstić information content (AvgIpc) is 3.45. The average molecular weight is 395 g/mol. The Balaban J connectivity index is 2.03. The van der Waals surface area contributed by atoms with Gasteiger partial charge in [0.05, 0.1) is 21.4 Å². The van der Waals surface area contributed by atoms with Crippen LogP contribution in [0.1, 0.15) is 42.4 Å². The fourth-order valence-electron chi connectivity index (χ4n) is 2.83. The van der Waals surface area contributed by atoms with Crippen molar-refractivity contribution in [2.45, 2.75) is 47.3 Å². The molecule has 0 radical (unpaired) electrons. The number of halogens is 3. The van der Waals surface area contributed by atoms with E-state index in [4.69, 9.17) is 5.26 Å². The van der Waals surface area contributed by atoms with Crippen LogP contribution in [-0.4, -0.2) is 19.7 Å². The smallest absolute Gasteiger partial charge is 0.376 e. The zero-order valence-corrected chi connectivity index (χ0v) is 15.1. The molecule has 0 heterocycles. The molecule has 4 nitrogen and oxygen atoms in total. The quantitative estimate of drug-likeness (QED) is 0.848. The molecule has 0 unspecified atom stereocenters. The molecule has 27 heavy (non-hydrogen) atoms. The first-order valence-electron chi connectivity index (χ1n) is 8.17. The summed E-state index contributed by atoms with van der Waals surface area (Å²) in [6.45, 7) is 0.613. The van der Waals surface area contributed by atoms with Crippen LogP contribution in [0.5, 0.6) is 0 Å². The maximum Gasteiger partial charge on any atom is 0.421 e. The first kappa shape index (κ1) is 19.4. The zero-order valence-electron chi connectivity index (χ0n) is 14.3. The maximum atomic E-state index is 13.0. The molecule has 0 spiro atoms. The Morgan fingerprint density at radius 2 is 1.70 bits per heavy atom. The zero-order chi connectivity index (χ0) is 20.0. The molecule has 0 aliphatic heterocycles. The van der Waals surface area contributed by atoms with E-state index in [0.29, 0.717) is 18.1 Å². The summed E-state index contributed by atoms with van der Waals surface area (Å²) in [7, 11) is -3.97. The van der Waals surface area contributed by atoms with Crippen molar-refractivity contribution in [3.05, 3.63) is 59.2 Å². The van der Waals surface area contributed by atoms with E-state index in [1.54, 1.807) is 6.07 Å². The molecule has 1 aliphatic rings. The number of hydrogen-bond donors (Lipinski definition) is 1. The van der Waals surface area contributed by atoms with E-state index in [2.05, 4.69) is 0 Å². The predicted molar refractivity (Wildman–Crippen MR) is 90.7 cm³/mol. The van der Waals surface area contributed by atoms with Gasteiger partial charge in [0.1, 0.15) is 0 Å². The lowest BCUT2D eigenvalue weighted by Gasteiger charge is -2.26. The van der Waals surface area contributed by atoms with Gasteiger partial charge in [-0.05, 0) is 67.1 Å². The number of rotatable bonds is 4. The highest BCUT2D eigenvalue weighted by Crippen LogP contribution is 2.44. The van der Waals surface area contributed by atoms with Crippen LogP contribution in [0.15, 0.2) is 52.3 Å². The normalized spacial score (nSPS) is 17.2. The minimum Gasteiger partial charge on any atom is -0.376 e. The first-order chi connectivity index (χ1) is 12.5. The van der Waals surface area contributed by atoms with E-state index in [9.17, 15) is 26.7 Å². The molecule has 2 aromatic carbocycles. The second-order valence-corrected chi connectivity index (χ2v) is 8.65. The number of nitriles is 1. The number of benzene rings is 2. The molecule has 3 rings (SSSR count). The van der Waals surface area contributed by atoms with Gasteiger partial charge in [-0.1, -0.05) is 12.1 Å². The van der Waals surface area contributed by atoms with Crippen LogP contribution in [0.25, 0.3) is 0 Å². The number of alkyl halides is 3. The van der Waals surface area contributed by atoms with Gasteiger partial charge in [-0.3, -0.25) is 0 Å². The number of aliphatic hydroxyl groups is 1. The third kappa shape index (κ3) is 3.45. The largest absolute Gasteiger partial charge is 0.421 e. The monoisotopic (exact) mass is 395 g/mol. The molecule has 1 aliphatic carbocycles. The van der Waals surface area contributed by atoms with E-state index in [1.807, 2.05) is 6.07 Å². The van der Waals surface area contributed by atoms with Crippen LogP contribution < -0.4 is 0 Å².